The molecule has 0 unspecified atom stereocenters. The van der Waals surface area contributed by atoms with Crippen LogP contribution in [0.25, 0.3) is 0 Å². The van der Waals surface area contributed by atoms with Crippen molar-refractivity contribution in [2.24, 2.45) is 0 Å². The molecular weight excluding hydrogens is 396 g/mol. The molecule has 3 rings (SSSR count). The van der Waals surface area contributed by atoms with Crippen LogP contribution >= 0.6 is 0 Å². The van der Waals surface area contributed by atoms with Gasteiger partial charge in [0.25, 0.3) is 5.91 Å². The van der Waals surface area contributed by atoms with Gasteiger partial charge in [0.1, 0.15) is 23.0 Å². The van der Waals surface area contributed by atoms with Crippen molar-refractivity contribution in [2.45, 2.75) is 13.8 Å². The van der Waals surface area contributed by atoms with Crippen molar-refractivity contribution in [3.8, 4) is 23.0 Å². The Kier molecular flexibility index (Phi) is 7.48. The Morgan fingerprint density at radius 2 is 1.39 bits per heavy atom. The molecule has 3 aromatic carbocycles. The first-order valence-electron chi connectivity index (χ1n) is 9.83. The minimum atomic E-state index is -0.321. The van der Waals surface area contributed by atoms with E-state index in [4.69, 9.17) is 14.2 Å². The van der Waals surface area contributed by atoms with Crippen molar-refractivity contribution >= 4 is 23.2 Å². The molecule has 0 heterocycles. The molecule has 7 nitrogen and oxygen atoms in total. The lowest BCUT2D eigenvalue weighted by Gasteiger charge is -2.12. The molecule has 0 atom stereocenters. The largest absolute Gasteiger partial charge is 0.494 e. The summed E-state index contributed by atoms with van der Waals surface area (Å²) in [5.41, 5.74) is 1.13. The van der Waals surface area contributed by atoms with Crippen molar-refractivity contribution in [3.63, 3.8) is 0 Å². The smallest absolute Gasteiger partial charge is 0.262 e. The van der Waals surface area contributed by atoms with Crippen LogP contribution in [0, 0.1) is 0 Å². The second kappa shape index (κ2) is 10.7. The molecule has 0 fully saturated rings. The van der Waals surface area contributed by atoms with Crippen molar-refractivity contribution in [2.75, 3.05) is 23.8 Å². The Labute approximate surface area is 180 Å². The zero-order chi connectivity index (χ0) is 22.1. The third-order valence-corrected chi connectivity index (χ3v) is 4.07. The third kappa shape index (κ3) is 6.78. The van der Waals surface area contributed by atoms with Gasteiger partial charge in [-0.3, -0.25) is 9.59 Å². The number of nitrogens with one attached hydrogen (secondary N) is 2. The van der Waals surface area contributed by atoms with E-state index in [0.29, 0.717) is 35.2 Å². The van der Waals surface area contributed by atoms with Gasteiger partial charge in [0.05, 0.1) is 12.3 Å². The van der Waals surface area contributed by atoms with E-state index in [1.165, 1.54) is 6.92 Å². The van der Waals surface area contributed by atoms with E-state index in [9.17, 15) is 9.59 Å². The van der Waals surface area contributed by atoms with Gasteiger partial charge < -0.3 is 24.8 Å². The fourth-order valence-corrected chi connectivity index (χ4v) is 2.74. The van der Waals surface area contributed by atoms with Gasteiger partial charge in [0.15, 0.2) is 6.61 Å². The SMILES string of the molecule is CCOc1ccc(Oc2ccc(NC(=O)COc3ccccc3NC(C)=O)cc2)cc1. The Balaban J connectivity index is 1.51. The highest BCUT2D eigenvalue weighted by atomic mass is 16.5. The summed E-state index contributed by atoms with van der Waals surface area (Å²) in [6.45, 7) is 3.76. The molecule has 0 saturated carbocycles. The van der Waals surface area contributed by atoms with Gasteiger partial charge in [-0.2, -0.15) is 0 Å². The summed E-state index contributed by atoms with van der Waals surface area (Å²) in [7, 11) is 0. The van der Waals surface area contributed by atoms with Gasteiger partial charge in [-0.15, -0.1) is 0 Å². The van der Waals surface area contributed by atoms with Crippen LogP contribution in [0.15, 0.2) is 72.8 Å². The standard InChI is InChI=1S/C24H24N2O5/c1-3-29-19-12-14-21(15-13-19)31-20-10-8-18(9-11-20)26-24(28)16-30-23-7-5-4-6-22(23)25-17(2)27/h4-15H,3,16H2,1-2H3,(H,25,27)(H,26,28). The number of amides is 2. The highest BCUT2D eigenvalue weighted by molar-refractivity contribution is 5.92. The van der Waals surface area contributed by atoms with Gasteiger partial charge in [0.2, 0.25) is 5.91 Å². The summed E-state index contributed by atoms with van der Waals surface area (Å²) in [4.78, 5) is 23.5. The molecule has 0 saturated heterocycles. The highest BCUT2D eigenvalue weighted by Crippen LogP contribution is 2.26. The molecule has 0 bridgehead atoms. The van der Waals surface area contributed by atoms with Crippen molar-refractivity contribution in [1.29, 1.82) is 0 Å². The summed E-state index contributed by atoms with van der Waals surface area (Å²) in [5.74, 6) is 2.00. The molecule has 0 aliphatic carbocycles. The van der Waals surface area contributed by atoms with Crippen LogP contribution in [0.5, 0.6) is 23.0 Å². The van der Waals surface area contributed by atoms with Crippen LogP contribution in [-0.4, -0.2) is 25.0 Å². The molecule has 0 aliphatic rings. The molecule has 0 spiro atoms. The minimum Gasteiger partial charge on any atom is -0.494 e. The highest BCUT2D eigenvalue weighted by Gasteiger charge is 2.08. The quantitative estimate of drug-likeness (QED) is 0.517. The molecule has 0 aromatic heterocycles. The van der Waals surface area contributed by atoms with Gasteiger partial charge in [-0.25, -0.2) is 0 Å². The fourth-order valence-electron chi connectivity index (χ4n) is 2.74. The van der Waals surface area contributed by atoms with E-state index in [1.54, 1.807) is 48.5 Å². The fraction of sp³-hybridized carbons (Fsp3) is 0.167. The van der Waals surface area contributed by atoms with Crippen molar-refractivity contribution in [1.82, 2.24) is 0 Å². The third-order valence-electron chi connectivity index (χ3n) is 4.07. The molecule has 160 valence electrons. The maximum absolute atomic E-state index is 12.2. The van der Waals surface area contributed by atoms with E-state index in [2.05, 4.69) is 10.6 Å². The number of rotatable bonds is 9. The first-order valence-corrected chi connectivity index (χ1v) is 9.83. The molecular formula is C24H24N2O5. The van der Waals surface area contributed by atoms with Crippen LogP contribution in [0.1, 0.15) is 13.8 Å². The molecule has 31 heavy (non-hydrogen) atoms. The molecule has 3 aromatic rings. The monoisotopic (exact) mass is 420 g/mol. The van der Waals surface area contributed by atoms with Gasteiger partial charge in [0, 0.05) is 12.6 Å². The molecule has 2 N–H and O–H groups in total. The van der Waals surface area contributed by atoms with Crippen LogP contribution in [0.4, 0.5) is 11.4 Å². The molecule has 7 heteroatoms. The van der Waals surface area contributed by atoms with E-state index >= 15 is 0 Å². The summed E-state index contributed by atoms with van der Waals surface area (Å²) in [6.07, 6.45) is 0. The van der Waals surface area contributed by atoms with Gasteiger partial charge >= 0.3 is 0 Å². The average Bonchev–Trinajstić information content (AvgIpc) is 2.76. The molecule has 2 amide bonds. The zero-order valence-electron chi connectivity index (χ0n) is 17.4. The number of benzene rings is 3. The Morgan fingerprint density at radius 3 is 2.03 bits per heavy atom. The Hall–Kier alpha value is -4.00. The Bertz CT molecular complexity index is 1020. The lowest BCUT2D eigenvalue weighted by atomic mass is 10.3. The van der Waals surface area contributed by atoms with Gasteiger partial charge in [-0.1, -0.05) is 12.1 Å². The number of ether oxygens (including phenoxy) is 3. The van der Waals surface area contributed by atoms with Crippen LogP contribution in [-0.2, 0) is 9.59 Å². The van der Waals surface area contributed by atoms with E-state index in [0.717, 1.165) is 5.75 Å². The number of para-hydroxylation sites is 2. The molecule has 0 aliphatic heterocycles. The second-order valence-corrected chi connectivity index (χ2v) is 6.55. The predicted molar refractivity (Wildman–Crippen MR) is 119 cm³/mol. The number of carbonyl (C=O) groups is 2. The summed E-state index contributed by atoms with van der Waals surface area (Å²) >= 11 is 0. The lowest BCUT2D eigenvalue weighted by Crippen LogP contribution is -2.20. The maximum atomic E-state index is 12.2. The summed E-state index contributed by atoms with van der Waals surface area (Å²) in [5, 5.41) is 5.43. The summed E-state index contributed by atoms with van der Waals surface area (Å²) < 4.78 is 16.7. The van der Waals surface area contributed by atoms with E-state index in [1.807, 2.05) is 31.2 Å². The first kappa shape index (κ1) is 21.7. The first-order chi connectivity index (χ1) is 15.0. The predicted octanol–water partition coefficient (Wildman–Crippen LogP) is 4.85. The molecule has 0 radical (unpaired) electrons. The van der Waals surface area contributed by atoms with Crippen LogP contribution < -0.4 is 24.8 Å². The van der Waals surface area contributed by atoms with Gasteiger partial charge in [-0.05, 0) is 67.6 Å². The van der Waals surface area contributed by atoms with Crippen LogP contribution in [0.3, 0.4) is 0 Å². The van der Waals surface area contributed by atoms with Crippen LogP contribution in [0.2, 0.25) is 0 Å². The van der Waals surface area contributed by atoms with E-state index < -0.39 is 0 Å². The number of carbonyl (C=O) groups excluding carboxylic acids is 2. The number of hydrogen-bond acceptors (Lipinski definition) is 5. The Morgan fingerprint density at radius 1 is 0.774 bits per heavy atom. The zero-order valence-corrected chi connectivity index (χ0v) is 17.4. The van der Waals surface area contributed by atoms with Crippen molar-refractivity contribution < 1.29 is 23.8 Å². The normalized spacial score (nSPS) is 10.1. The topological polar surface area (TPSA) is 85.9 Å². The average molecular weight is 420 g/mol. The maximum Gasteiger partial charge on any atom is 0.262 e. The lowest BCUT2D eigenvalue weighted by molar-refractivity contribution is -0.118. The summed E-state index contributed by atoms with van der Waals surface area (Å²) in [6, 6.07) is 21.3. The van der Waals surface area contributed by atoms with Crippen molar-refractivity contribution in [3.05, 3.63) is 72.8 Å². The van der Waals surface area contributed by atoms with E-state index in [-0.39, 0.29) is 18.4 Å². The number of hydrogen-bond donors (Lipinski definition) is 2. The minimum absolute atomic E-state index is 0.193. The second-order valence-electron chi connectivity index (χ2n) is 6.55. The number of anilines is 2.